The number of hydrogen-bond donors (Lipinski definition) is 1. The van der Waals surface area contributed by atoms with Crippen LogP contribution in [0.15, 0.2) is 18.2 Å². The molecule has 0 aromatic heterocycles. The zero-order chi connectivity index (χ0) is 15.2. The fourth-order valence-electron chi connectivity index (χ4n) is 2.92. The summed E-state index contributed by atoms with van der Waals surface area (Å²) in [6.45, 7) is 5.92. The zero-order valence-electron chi connectivity index (χ0n) is 13.4. The minimum Gasteiger partial charge on any atom is -0.369 e. The summed E-state index contributed by atoms with van der Waals surface area (Å²) in [7, 11) is 4.28. The number of anilines is 1. The molecule has 0 radical (unpaired) electrons. The largest absolute Gasteiger partial charge is 0.369 e. The van der Waals surface area contributed by atoms with Crippen molar-refractivity contribution in [3.05, 3.63) is 29.3 Å². The fourth-order valence-corrected chi connectivity index (χ4v) is 2.92. The van der Waals surface area contributed by atoms with Crippen molar-refractivity contribution in [2.24, 2.45) is 0 Å². The second-order valence-corrected chi connectivity index (χ2v) is 5.95. The molecule has 0 bridgehead atoms. The molecule has 114 valence electrons. The van der Waals surface area contributed by atoms with E-state index in [9.17, 15) is 5.26 Å². The van der Waals surface area contributed by atoms with Crippen molar-refractivity contribution >= 4 is 5.69 Å². The lowest BCUT2D eigenvalue weighted by Crippen LogP contribution is -2.45. The molecule has 1 fully saturated rings. The first kappa shape index (κ1) is 15.8. The van der Waals surface area contributed by atoms with Gasteiger partial charge >= 0.3 is 0 Å². The summed E-state index contributed by atoms with van der Waals surface area (Å²) in [5.41, 5.74) is 3.06. The van der Waals surface area contributed by atoms with Gasteiger partial charge in [0, 0.05) is 25.7 Å². The first-order valence-corrected chi connectivity index (χ1v) is 7.80. The van der Waals surface area contributed by atoms with Crippen molar-refractivity contribution in [2.75, 3.05) is 38.6 Å². The number of nitriles is 1. The zero-order valence-corrected chi connectivity index (χ0v) is 13.4. The predicted molar refractivity (Wildman–Crippen MR) is 87.5 cm³/mol. The van der Waals surface area contributed by atoms with Crippen LogP contribution in [0.4, 0.5) is 5.69 Å². The van der Waals surface area contributed by atoms with Crippen LogP contribution in [-0.4, -0.2) is 44.7 Å². The molecule has 4 nitrogen and oxygen atoms in total. The van der Waals surface area contributed by atoms with E-state index in [1.54, 1.807) is 0 Å². The molecule has 21 heavy (non-hydrogen) atoms. The molecule has 0 spiro atoms. The Labute approximate surface area is 128 Å². The lowest BCUT2D eigenvalue weighted by Gasteiger charge is -2.37. The van der Waals surface area contributed by atoms with E-state index in [2.05, 4.69) is 54.3 Å². The standard InChI is InChI=1S/C17H26N4/c1-4-19-12-14-7-8-17(15(10-14)11-18)21-9-5-6-16(13-21)20(2)3/h7-8,10,16,19H,4-6,9,12-13H2,1-3H3. The van der Waals surface area contributed by atoms with Gasteiger partial charge in [-0.15, -0.1) is 0 Å². The summed E-state index contributed by atoms with van der Waals surface area (Å²) < 4.78 is 0. The predicted octanol–water partition coefficient (Wildman–Crippen LogP) is 2.20. The highest BCUT2D eigenvalue weighted by Gasteiger charge is 2.23. The molecule has 1 heterocycles. The topological polar surface area (TPSA) is 42.3 Å². The Kier molecular flexibility index (Phi) is 5.60. The highest BCUT2D eigenvalue weighted by molar-refractivity contribution is 5.60. The third-order valence-corrected chi connectivity index (χ3v) is 4.23. The van der Waals surface area contributed by atoms with E-state index < -0.39 is 0 Å². The van der Waals surface area contributed by atoms with Crippen molar-refractivity contribution in [1.82, 2.24) is 10.2 Å². The molecule has 4 heteroatoms. The average molecular weight is 286 g/mol. The van der Waals surface area contributed by atoms with Crippen LogP contribution in [0.3, 0.4) is 0 Å². The first-order valence-electron chi connectivity index (χ1n) is 7.80. The third-order valence-electron chi connectivity index (χ3n) is 4.23. The van der Waals surface area contributed by atoms with Gasteiger partial charge in [0.25, 0.3) is 0 Å². The van der Waals surface area contributed by atoms with Crippen molar-refractivity contribution in [3.8, 4) is 6.07 Å². The third kappa shape index (κ3) is 3.96. The molecule has 1 aliphatic rings. The molecular weight excluding hydrogens is 260 g/mol. The Balaban J connectivity index is 2.17. The molecule has 1 aromatic rings. The maximum atomic E-state index is 9.47. The van der Waals surface area contributed by atoms with Gasteiger partial charge in [0.1, 0.15) is 6.07 Å². The average Bonchev–Trinajstić information content (AvgIpc) is 2.52. The Hall–Kier alpha value is -1.57. The number of nitrogens with zero attached hydrogens (tertiary/aromatic N) is 3. The van der Waals surface area contributed by atoms with Gasteiger partial charge in [0.2, 0.25) is 0 Å². The summed E-state index contributed by atoms with van der Waals surface area (Å²) in [5.74, 6) is 0. The van der Waals surface area contributed by atoms with Crippen LogP contribution >= 0.6 is 0 Å². The van der Waals surface area contributed by atoms with E-state index in [0.29, 0.717) is 6.04 Å². The van der Waals surface area contributed by atoms with Gasteiger partial charge in [-0.2, -0.15) is 5.26 Å². The van der Waals surface area contributed by atoms with Crippen LogP contribution in [0, 0.1) is 11.3 Å². The number of hydrogen-bond acceptors (Lipinski definition) is 4. The first-order chi connectivity index (χ1) is 10.2. The van der Waals surface area contributed by atoms with Crippen LogP contribution in [0.25, 0.3) is 0 Å². The number of nitrogens with one attached hydrogen (secondary N) is 1. The minimum atomic E-state index is 0.576. The van der Waals surface area contributed by atoms with Gasteiger partial charge in [-0.25, -0.2) is 0 Å². The van der Waals surface area contributed by atoms with Gasteiger partial charge in [-0.05, 0) is 51.2 Å². The Morgan fingerprint density at radius 2 is 2.24 bits per heavy atom. The van der Waals surface area contributed by atoms with Gasteiger partial charge in [-0.3, -0.25) is 0 Å². The summed E-state index contributed by atoms with van der Waals surface area (Å²) >= 11 is 0. The molecule has 1 unspecified atom stereocenters. The van der Waals surface area contributed by atoms with Crippen molar-refractivity contribution in [2.45, 2.75) is 32.4 Å². The lowest BCUT2D eigenvalue weighted by atomic mass is 10.0. The second kappa shape index (κ2) is 7.44. The minimum absolute atomic E-state index is 0.576. The van der Waals surface area contributed by atoms with E-state index in [0.717, 1.165) is 37.4 Å². The quantitative estimate of drug-likeness (QED) is 0.901. The van der Waals surface area contributed by atoms with Crippen molar-refractivity contribution in [3.63, 3.8) is 0 Å². The van der Waals surface area contributed by atoms with E-state index in [4.69, 9.17) is 0 Å². The normalized spacial score (nSPS) is 18.8. The molecule has 0 amide bonds. The molecule has 0 saturated carbocycles. The number of piperidine rings is 1. The van der Waals surface area contributed by atoms with Gasteiger partial charge in [-0.1, -0.05) is 13.0 Å². The van der Waals surface area contributed by atoms with E-state index in [1.165, 1.54) is 18.4 Å². The molecule has 1 saturated heterocycles. The smallest absolute Gasteiger partial charge is 0.101 e. The highest BCUT2D eigenvalue weighted by Crippen LogP contribution is 2.26. The molecular formula is C17H26N4. The van der Waals surface area contributed by atoms with Crippen LogP contribution in [0.1, 0.15) is 30.9 Å². The summed E-state index contributed by atoms with van der Waals surface area (Å²) in [4.78, 5) is 4.65. The second-order valence-electron chi connectivity index (χ2n) is 5.95. The van der Waals surface area contributed by atoms with E-state index in [1.807, 2.05) is 6.07 Å². The maximum Gasteiger partial charge on any atom is 0.101 e. The Morgan fingerprint density at radius 1 is 1.43 bits per heavy atom. The molecule has 0 aliphatic carbocycles. The molecule has 1 aliphatic heterocycles. The Bertz CT molecular complexity index is 504. The summed E-state index contributed by atoms with van der Waals surface area (Å²) in [6.07, 6.45) is 2.43. The Morgan fingerprint density at radius 3 is 2.90 bits per heavy atom. The van der Waals surface area contributed by atoms with Gasteiger partial charge in [0.15, 0.2) is 0 Å². The summed E-state index contributed by atoms with van der Waals surface area (Å²) in [5, 5.41) is 12.8. The SMILES string of the molecule is CCNCc1ccc(N2CCCC(N(C)C)C2)c(C#N)c1. The van der Waals surface area contributed by atoms with Crippen LogP contribution in [0.5, 0.6) is 0 Å². The molecule has 1 N–H and O–H groups in total. The lowest BCUT2D eigenvalue weighted by molar-refractivity contribution is 0.258. The highest BCUT2D eigenvalue weighted by atomic mass is 15.2. The summed E-state index contributed by atoms with van der Waals surface area (Å²) in [6, 6.07) is 9.22. The number of benzene rings is 1. The monoisotopic (exact) mass is 286 g/mol. The van der Waals surface area contributed by atoms with Crippen molar-refractivity contribution < 1.29 is 0 Å². The fraction of sp³-hybridized carbons (Fsp3) is 0.588. The number of rotatable bonds is 5. The van der Waals surface area contributed by atoms with Gasteiger partial charge < -0.3 is 15.1 Å². The number of likely N-dealkylation sites (N-methyl/N-ethyl adjacent to an activating group) is 1. The van der Waals surface area contributed by atoms with Crippen molar-refractivity contribution in [1.29, 1.82) is 5.26 Å². The van der Waals surface area contributed by atoms with Gasteiger partial charge in [0.05, 0.1) is 11.3 Å². The van der Waals surface area contributed by atoms with E-state index in [-0.39, 0.29) is 0 Å². The molecule has 1 atom stereocenters. The van der Waals surface area contributed by atoms with Crippen LogP contribution in [-0.2, 0) is 6.54 Å². The van der Waals surface area contributed by atoms with Crippen LogP contribution in [0.2, 0.25) is 0 Å². The molecule has 1 aromatic carbocycles. The van der Waals surface area contributed by atoms with E-state index >= 15 is 0 Å². The van der Waals surface area contributed by atoms with Crippen LogP contribution < -0.4 is 10.2 Å². The molecule has 2 rings (SSSR count). The maximum absolute atomic E-state index is 9.47.